The van der Waals surface area contributed by atoms with Gasteiger partial charge < -0.3 is 15.1 Å². The van der Waals surface area contributed by atoms with E-state index in [0.29, 0.717) is 23.6 Å². The Morgan fingerprint density at radius 2 is 2.17 bits per heavy atom. The zero-order chi connectivity index (χ0) is 13.3. The summed E-state index contributed by atoms with van der Waals surface area (Å²) in [5, 5.41) is 0.835. The molecule has 0 atom stereocenters. The fourth-order valence-corrected chi connectivity index (χ4v) is 1.83. The summed E-state index contributed by atoms with van der Waals surface area (Å²) in [6.07, 6.45) is 0. The monoisotopic (exact) mass is 244 g/mol. The average molecular weight is 244 g/mol. The minimum absolute atomic E-state index is 0.159. The minimum atomic E-state index is -0.159. The van der Waals surface area contributed by atoms with Crippen LogP contribution in [0.25, 0.3) is 11.0 Å². The minimum Gasteiger partial charge on any atom is -0.451 e. The lowest BCUT2D eigenvalue weighted by Gasteiger charge is -2.15. The van der Waals surface area contributed by atoms with Crippen LogP contribution in [-0.2, 0) is 0 Å². The number of hydrogen-bond acceptors (Lipinski definition) is 3. The van der Waals surface area contributed by atoms with Crippen molar-refractivity contribution in [2.45, 2.75) is 6.92 Å². The number of fused-ring (bicyclic) bond motifs is 1. The number of carbonyl (C=O) groups is 1. The van der Waals surface area contributed by atoms with Gasteiger partial charge in [-0.15, -0.1) is 0 Å². The van der Waals surface area contributed by atoms with Gasteiger partial charge in [0.15, 0.2) is 5.76 Å². The van der Waals surface area contributed by atoms with Crippen LogP contribution in [0, 0.1) is 0 Å². The molecule has 0 bridgehead atoms. The van der Waals surface area contributed by atoms with Crippen molar-refractivity contribution in [3.63, 3.8) is 0 Å². The maximum Gasteiger partial charge on any atom is 0.289 e. The Bertz CT molecular complexity index is 613. The Hall–Kier alpha value is -2.23. The maximum atomic E-state index is 12.1. The van der Waals surface area contributed by atoms with Crippen LogP contribution in [0.1, 0.15) is 17.5 Å². The van der Waals surface area contributed by atoms with Crippen molar-refractivity contribution in [3.8, 4) is 0 Å². The molecule has 94 valence electrons. The number of nitrogens with zero attached hydrogens (tertiary/aromatic N) is 1. The molecule has 1 amide bonds. The molecule has 2 N–H and O–H groups in total. The molecule has 4 nitrogen and oxygen atoms in total. The van der Waals surface area contributed by atoms with Crippen molar-refractivity contribution in [2.75, 3.05) is 19.3 Å². The summed E-state index contributed by atoms with van der Waals surface area (Å²) in [7, 11) is 1.72. The smallest absolute Gasteiger partial charge is 0.289 e. The van der Waals surface area contributed by atoms with Gasteiger partial charge in [-0.1, -0.05) is 12.2 Å². The first-order chi connectivity index (χ1) is 8.47. The van der Waals surface area contributed by atoms with Crippen LogP contribution in [0.3, 0.4) is 0 Å². The largest absolute Gasteiger partial charge is 0.451 e. The Balaban J connectivity index is 2.30. The highest BCUT2D eigenvalue weighted by molar-refractivity contribution is 5.96. The molecule has 4 heteroatoms. The van der Waals surface area contributed by atoms with Gasteiger partial charge in [0, 0.05) is 24.7 Å². The number of furan rings is 1. The van der Waals surface area contributed by atoms with E-state index in [1.165, 1.54) is 0 Å². The molecule has 1 aromatic carbocycles. The fourth-order valence-electron chi connectivity index (χ4n) is 1.83. The summed E-state index contributed by atoms with van der Waals surface area (Å²) in [5.74, 6) is 0.159. The quantitative estimate of drug-likeness (QED) is 0.667. The van der Waals surface area contributed by atoms with Crippen molar-refractivity contribution in [1.29, 1.82) is 0 Å². The highest BCUT2D eigenvalue weighted by Crippen LogP contribution is 2.22. The Kier molecular flexibility index (Phi) is 3.10. The molecule has 18 heavy (non-hydrogen) atoms. The predicted octanol–water partition coefficient (Wildman–Crippen LogP) is 2.66. The van der Waals surface area contributed by atoms with Gasteiger partial charge in [0.25, 0.3) is 5.91 Å². The van der Waals surface area contributed by atoms with Crippen LogP contribution in [0.15, 0.2) is 40.8 Å². The summed E-state index contributed by atoms with van der Waals surface area (Å²) in [6, 6.07) is 7.01. The SMILES string of the molecule is C=C(C)CN(C)C(=O)c1cc2cc(N)ccc2o1. The predicted molar refractivity (Wildman–Crippen MR) is 72.4 cm³/mol. The molecule has 2 aromatic rings. The van der Waals surface area contributed by atoms with Crippen LogP contribution in [0.5, 0.6) is 0 Å². The summed E-state index contributed by atoms with van der Waals surface area (Å²) in [5.41, 5.74) is 7.92. The zero-order valence-electron chi connectivity index (χ0n) is 10.6. The number of nitrogen functional groups attached to an aromatic ring is 1. The van der Waals surface area contributed by atoms with Gasteiger partial charge in [-0.2, -0.15) is 0 Å². The summed E-state index contributed by atoms with van der Waals surface area (Å²) in [6.45, 7) is 6.17. The first-order valence-corrected chi connectivity index (χ1v) is 5.66. The van der Waals surface area contributed by atoms with E-state index in [9.17, 15) is 4.79 Å². The van der Waals surface area contributed by atoms with Gasteiger partial charge in [0.05, 0.1) is 0 Å². The van der Waals surface area contributed by atoms with Crippen LogP contribution >= 0.6 is 0 Å². The van der Waals surface area contributed by atoms with E-state index >= 15 is 0 Å². The van der Waals surface area contributed by atoms with Gasteiger partial charge in [-0.25, -0.2) is 0 Å². The molecule has 0 saturated carbocycles. The highest BCUT2D eigenvalue weighted by Gasteiger charge is 2.16. The lowest BCUT2D eigenvalue weighted by Crippen LogP contribution is -2.27. The lowest BCUT2D eigenvalue weighted by atomic mass is 10.2. The first-order valence-electron chi connectivity index (χ1n) is 5.66. The molecule has 2 rings (SSSR count). The zero-order valence-corrected chi connectivity index (χ0v) is 10.6. The second kappa shape index (κ2) is 4.56. The number of benzene rings is 1. The third-order valence-electron chi connectivity index (χ3n) is 2.60. The molecule has 0 fully saturated rings. The molecule has 0 aliphatic rings. The number of carbonyl (C=O) groups excluding carboxylic acids is 1. The van der Waals surface area contributed by atoms with Gasteiger partial charge >= 0.3 is 0 Å². The molecule has 0 aliphatic heterocycles. The van der Waals surface area contributed by atoms with Gasteiger partial charge in [-0.05, 0) is 31.2 Å². The van der Waals surface area contributed by atoms with Crippen molar-refractivity contribution < 1.29 is 9.21 Å². The molecule has 0 aliphatic carbocycles. The van der Waals surface area contributed by atoms with Crippen molar-refractivity contribution >= 4 is 22.6 Å². The molecule has 0 spiro atoms. The van der Waals surface area contributed by atoms with E-state index in [1.54, 1.807) is 36.2 Å². The second-order valence-corrected chi connectivity index (χ2v) is 4.53. The fraction of sp³-hybridized carbons (Fsp3) is 0.214. The molecule has 0 radical (unpaired) electrons. The summed E-state index contributed by atoms with van der Waals surface area (Å²) in [4.78, 5) is 13.7. The Morgan fingerprint density at radius 3 is 2.83 bits per heavy atom. The number of likely N-dealkylation sites (N-methyl/N-ethyl adjacent to an activating group) is 1. The van der Waals surface area contributed by atoms with E-state index in [1.807, 2.05) is 6.92 Å². The molecule has 0 saturated heterocycles. The van der Waals surface area contributed by atoms with E-state index in [2.05, 4.69) is 6.58 Å². The molecule has 1 heterocycles. The Morgan fingerprint density at radius 1 is 1.44 bits per heavy atom. The van der Waals surface area contributed by atoms with E-state index < -0.39 is 0 Å². The van der Waals surface area contributed by atoms with E-state index in [-0.39, 0.29) is 5.91 Å². The van der Waals surface area contributed by atoms with Crippen molar-refractivity contribution in [3.05, 3.63) is 42.2 Å². The number of anilines is 1. The maximum absolute atomic E-state index is 12.1. The van der Waals surface area contributed by atoms with Crippen LogP contribution in [0.4, 0.5) is 5.69 Å². The topological polar surface area (TPSA) is 59.5 Å². The van der Waals surface area contributed by atoms with Crippen LogP contribution < -0.4 is 5.73 Å². The van der Waals surface area contributed by atoms with Crippen LogP contribution in [0.2, 0.25) is 0 Å². The first kappa shape index (κ1) is 12.2. The van der Waals surface area contributed by atoms with Gasteiger partial charge in [0.1, 0.15) is 5.58 Å². The number of amides is 1. The van der Waals surface area contributed by atoms with Gasteiger partial charge in [-0.3, -0.25) is 4.79 Å². The van der Waals surface area contributed by atoms with Crippen molar-refractivity contribution in [2.24, 2.45) is 0 Å². The normalized spacial score (nSPS) is 10.6. The van der Waals surface area contributed by atoms with Crippen LogP contribution in [-0.4, -0.2) is 24.4 Å². The molecular weight excluding hydrogens is 228 g/mol. The third-order valence-corrected chi connectivity index (χ3v) is 2.60. The summed E-state index contributed by atoms with van der Waals surface area (Å²) < 4.78 is 5.51. The number of nitrogens with two attached hydrogens (primary N) is 1. The second-order valence-electron chi connectivity index (χ2n) is 4.53. The lowest BCUT2D eigenvalue weighted by molar-refractivity contribution is 0.0778. The number of hydrogen-bond donors (Lipinski definition) is 1. The summed E-state index contributed by atoms with van der Waals surface area (Å²) >= 11 is 0. The molecule has 0 unspecified atom stereocenters. The standard InChI is InChI=1S/C14H16N2O2/c1-9(2)8-16(3)14(17)13-7-10-6-11(15)4-5-12(10)18-13/h4-7H,1,8,15H2,2-3H3. The molecular formula is C14H16N2O2. The average Bonchev–Trinajstić information content (AvgIpc) is 2.69. The van der Waals surface area contributed by atoms with Gasteiger partial charge in [0.2, 0.25) is 0 Å². The highest BCUT2D eigenvalue weighted by atomic mass is 16.3. The number of rotatable bonds is 3. The van der Waals surface area contributed by atoms with E-state index in [4.69, 9.17) is 10.2 Å². The third kappa shape index (κ3) is 2.37. The van der Waals surface area contributed by atoms with Crippen molar-refractivity contribution in [1.82, 2.24) is 4.90 Å². The van der Waals surface area contributed by atoms with E-state index in [0.717, 1.165) is 11.0 Å². The Labute approximate surface area is 106 Å². The molecule has 1 aromatic heterocycles.